The van der Waals surface area contributed by atoms with Crippen molar-refractivity contribution in [3.63, 3.8) is 0 Å². The molecule has 220 valence electrons. The van der Waals surface area contributed by atoms with Gasteiger partial charge in [0.15, 0.2) is 23.0 Å². The molecule has 12 nitrogen and oxygen atoms in total. The summed E-state index contributed by atoms with van der Waals surface area (Å²) in [7, 11) is 4.61. The minimum absolute atomic E-state index is 0.166. The first-order chi connectivity index (χ1) is 20.0. The topological polar surface area (TPSA) is 169 Å². The van der Waals surface area contributed by atoms with Crippen LogP contribution in [0.5, 0.6) is 0 Å². The number of hydrogen-bond acceptors (Lipinski definition) is 12. The fourth-order valence-electron chi connectivity index (χ4n) is 3.20. The fourth-order valence-corrected chi connectivity index (χ4v) is 3.48. The van der Waals surface area contributed by atoms with Crippen molar-refractivity contribution in [1.29, 1.82) is 0 Å². The predicted octanol–water partition coefficient (Wildman–Crippen LogP) is 3.02. The number of carbonyl (C=O) groups excluding carboxylic acids is 2. The van der Waals surface area contributed by atoms with E-state index in [0.717, 1.165) is 16.7 Å². The van der Waals surface area contributed by atoms with Crippen molar-refractivity contribution in [1.82, 2.24) is 19.9 Å². The van der Waals surface area contributed by atoms with Crippen LogP contribution in [0.1, 0.15) is 32.1 Å². The van der Waals surface area contributed by atoms with Gasteiger partial charge in [0.1, 0.15) is 4.60 Å². The molecule has 0 saturated heterocycles. The Labute approximate surface area is 252 Å². The largest absolute Gasteiger partial charge is 0.488 e. The van der Waals surface area contributed by atoms with E-state index in [4.69, 9.17) is 14.8 Å². The lowest BCUT2D eigenvalue weighted by Gasteiger charge is -2.08. The van der Waals surface area contributed by atoms with E-state index in [2.05, 4.69) is 51.2 Å². The number of benzene rings is 2. The molecule has 0 bridgehead atoms. The summed E-state index contributed by atoms with van der Waals surface area (Å²) in [5.41, 5.74) is 4.71. The van der Waals surface area contributed by atoms with Gasteiger partial charge in [-0.2, -0.15) is 0 Å². The van der Waals surface area contributed by atoms with Gasteiger partial charge in [-0.15, -0.1) is 0 Å². The van der Waals surface area contributed by atoms with Crippen LogP contribution in [0, 0.1) is 13.8 Å². The Hall–Kier alpha value is -4.40. The quantitative estimate of drug-likeness (QED) is 0.180. The Kier molecular flexibility index (Phi) is 13.5. The lowest BCUT2D eigenvalue weighted by molar-refractivity contribution is 0.0586. The Morgan fingerprint density at radius 3 is 1.67 bits per heavy atom. The van der Waals surface area contributed by atoms with Crippen LogP contribution in [0.3, 0.4) is 0 Å². The van der Waals surface area contributed by atoms with E-state index in [0.29, 0.717) is 27.4 Å². The lowest BCUT2D eigenvalue weighted by Crippen LogP contribution is -2.29. The summed E-state index contributed by atoms with van der Waals surface area (Å²) in [4.78, 5) is 39.2. The molecule has 0 aliphatic rings. The third kappa shape index (κ3) is 9.91. The molecule has 14 heteroatoms. The van der Waals surface area contributed by atoms with Crippen molar-refractivity contribution in [3.05, 3.63) is 88.0 Å². The van der Waals surface area contributed by atoms with Gasteiger partial charge >= 0.3 is 19.1 Å². The first kappa shape index (κ1) is 33.8. The van der Waals surface area contributed by atoms with Crippen LogP contribution in [-0.4, -0.2) is 77.4 Å². The van der Waals surface area contributed by atoms with Crippen molar-refractivity contribution >= 4 is 52.1 Å². The molecule has 2 aromatic carbocycles. The van der Waals surface area contributed by atoms with Crippen molar-refractivity contribution < 1.29 is 29.1 Å². The number of rotatable bonds is 6. The molecule has 42 heavy (non-hydrogen) atoms. The third-order valence-corrected chi connectivity index (χ3v) is 5.85. The average Bonchev–Trinajstić information content (AvgIpc) is 3.01. The number of nitrogens with one attached hydrogen (secondary N) is 2. The van der Waals surface area contributed by atoms with E-state index >= 15 is 0 Å². The smallest absolute Gasteiger partial charge is 0.464 e. The zero-order chi connectivity index (χ0) is 31.2. The van der Waals surface area contributed by atoms with Gasteiger partial charge in [-0.1, -0.05) is 59.7 Å². The monoisotopic (exact) mass is 638 g/mol. The van der Waals surface area contributed by atoms with Gasteiger partial charge in [0.05, 0.1) is 32.3 Å². The molecular formula is C28H32BBrN6O6. The minimum Gasteiger partial charge on any atom is -0.464 e. The molecule has 4 aromatic rings. The SMILES string of the molecule is CNc1ncc(-c2ccc(C)cc2)nc1C(=O)OC.CNc1ncc(Br)nc1C(=O)OC.Cc1ccc(B(O)O)cc1. The standard InChI is InChI=1S/C14H15N3O2.C7H9BO2.C7H8BrN3O2/c1-9-4-6-10(7-5-9)11-8-16-13(15-2)12(17-11)14(18)19-3;1-6-2-4-7(5-3-6)8(9)10;1-9-6-5(7(12)13-2)11-4(8)3-10-6/h4-8H,1-3H3,(H,15,16);2-5,9-10H,1H3;3H,1-2H3,(H,9,10). The second-order valence-electron chi connectivity index (χ2n) is 8.48. The molecule has 4 N–H and O–H groups in total. The highest BCUT2D eigenvalue weighted by atomic mass is 79.9. The van der Waals surface area contributed by atoms with Crippen LogP contribution in [0.4, 0.5) is 11.6 Å². The Bertz CT molecular complexity index is 1470. The number of aryl methyl sites for hydroxylation is 2. The predicted molar refractivity (Wildman–Crippen MR) is 165 cm³/mol. The maximum Gasteiger partial charge on any atom is 0.488 e. The van der Waals surface area contributed by atoms with Crippen LogP contribution in [0.25, 0.3) is 11.3 Å². The Morgan fingerprint density at radius 2 is 1.21 bits per heavy atom. The lowest BCUT2D eigenvalue weighted by atomic mass is 9.80. The summed E-state index contributed by atoms with van der Waals surface area (Å²) >= 11 is 3.11. The summed E-state index contributed by atoms with van der Waals surface area (Å²) in [5.74, 6) is -0.221. The molecule has 0 radical (unpaired) electrons. The number of carbonyl (C=O) groups is 2. The van der Waals surface area contributed by atoms with E-state index in [-0.39, 0.29) is 11.4 Å². The molecule has 0 fully saturated rings. The summed E-state index contributed by atoms with van der Waals surface area (Å²) in [6.45, 7) is 3.97. The van der Waals surface area contributed by atoms with Crippen LogP contribution in [0.15, 0.2) is 65.5 Å². The minimum atomic E-state index is -1.35. The van der Waals surface area contributed by atoms with Crippen molar-refractivity contribution in [3.8, 4) is 11.3 Å². The number of ether oxygens (including phenoxy) is 2. The normalized spacial score (nSPS) is 9.74. The molecule has 0 amide bonds. The Balaban J connectivity index is 0.000000234. The van der Waals surface area contributed by atoms with Gasteiger partial charge in [-0.05, 0) is 35.2 Å². The molecule has 0 atom stereocenters. The highest BCUT2D eigenvalue weighted by Gasteiger charge is 2.16. The molecule has 2 heterocycles. The summed E-state index contributed by atoms with van der Waals surface area (Å²) < 4.78 is 9.73. The molecule has 0 saturated carbocycles. The molecule has 0 aliphatic heterocycles. The number of halogens is 1. The van der Waals surface area contributed by atoms with Gasteiger partial charge in [0.25, 0.3) is 0 Å². The molecule has 0 spiro atoms. The van der Waals surface area contributed by atoms with Crippen molar-refractivity contribution in [2.24, 2.45) is 0 Å². The summed E-state index contributed by atoms with van der Waals surface area (Å²) in [6.07, 6.45) is 3.13. The summed E-state index contributed by atoms with van der Waals surface area (Å²) in [5, 5.41) is 22.9. The summed E-state index contributed by atoms with van der Waals surface area (Å²) in [6, 6.07) is 14.9. The first-order valence-electron chi connectivity index (χ1n) is 12.5. The number of nitrogens with zero attached hydrogens (tertiary/aromatic N) is 4. The number of hydrogen-bond donors (Lipinski definition) is 4. The zero-order valence-corrected chi connectivity index (χ0v) is 25.6. The van der Waals surface area contributed by atoms with Gasteiger partial charge in [-0.3, -0.25) is 0 Å². The van der Waals surface area contributed by atoms with Crippen molar-refractivity contribution in [2.45, 2.75) is 13.8 Å². The molecule has 2 aromatic heterocycles. The van der Waals surface area contributed by atoms with Gasteiger partial charge in [-0.25, -0.2) is 29.5 Å². The first-order valence-corrected chi connectivity index (χ1v) is 13.2. The number of esters is 2. The highest BCUT2D eigenvalue weighted by molar-refractivity contribution is 9.10. The van der Waals surface area contributed by atoms with Crippen molar-refractivity contribution in [2.75, 3.05) is 38.9 Å². The molecule has 0 unspecified atom stereocenters. The molecule has 0 aliphatic carbocycles. The number of methoxy groups -OCH3 is 2. The van der Waals surface area contributed by atoms with Crippen LogP contribution >= 0.6 is 15.9 Å². The van der Waals surface area contributed by atoms with E-state index in [9.17, 15) is 9.59 Å². The second kappa shape index (κ2) is 16.8. The van der Waals surface area contributed by atoms with E-state index in [1.165, 1.54) is 20.4 Å². The average molecular weight is 639 g/mol. The van der Waals surface area contributed by atoms with Crippen LogP contribution < -0.4 is 16.1 Å². The van der Waals surface area contributed by atoms with Crippen LogP contribution in [-0.2, 0) is 9.47 Å². The highest BCUT2D eigenvalue weighted by Crippen LogP contribution is 2.20. The second-order valence-corrected chi connectivity index (χ2v) is 9.29. The molecular weight excluding hydrogens is 607 g/mol. The maximum atomic E-state index is 11.7. The third-order valence-electron chi connectivity index (χ3n) is 5.47. The van der Waals surface area contributed by atoms with Gasteiger partial charge in [0, 0.05) is 19.7 Å². The Morgan fingerprint density at radius 1 is 0.762 bits per heavy atom. The van der Waals surface area contributed by atoms with Gasteiger partial charge < -0.3 is 30.2 Å². The molecule has 4 rings (SSSR count). The number of aromatic nitrogens is 4. The number of anilines is 2. The van der Waals surface area contributed by atoms with E-state index in [1.54, 1.807) is 32.4 Å². The van der Waals surface area contributed by atoms with E-state index in [1.807, 2.05) is 50.2 Å². The maximum absolute atomic E-state index is 11.7. The van der Waals surface area contributed by atoms with Crippen LogP contribution in [0.2, 0.25) is 0 Å². The zero-order valence-electron chi connectivity index (χ0n) is 24.0. The fraction of sp³-hybridized carbons (Fsp3) is 0.214. The van der Waals surface area contributed by atoms with Gasteiger partial charge in [0.2, 0.25) is 0 Å². The van der Waals surface area contributed by atoms with E-state index < -0.39 is 19.1 Å².